The fraction of sp³-hybridized carbons (Fsp3) is 1.00. The van der Waals surface area contributed by atoms with Crippen LogP contribution in [0.25, 0.3) is 0 Å². The molecule has 0 radical (unpaired) electrons. The van der Waals surface area contributed by atoms with E-state index in [9.17, 15) is 0 Å². The number of ether oxygens (including phenoxy) is 1. The van der Waals surface area contributed by atoms with Crippen LogP contribution in [0.2, 0.25) is 0 Å². The number of likely N-dealkylation sites (tertiary alicyclic amines) is 1. The van der Waals surface area contributed by atoms with Gasteiger partial charge >= 0.3 is 0 Å². The van der Waals surface area contributed by atoms with Crippen molar-refractivity contribution in [3.63, 3.8) is 0 Å². The summed E-state index contributed by atoms with van der Waals surface area (Å²) in [5.41, 5.74) is 0.208. The second kappa shape index (κ2) is 1.50. The number of rotatable bonds is 0. The van der Waals surface area contributed by atoms with Crippen molar-refractivity contribution in [1.29, 1.82) is 0 Å². The van der Waals surface area contributed by atoms with E-state index in [4.69, 9.17) is 4.74 Å². The maximum Gasteiger partial charge on any atom is 0.0797 e. The highest BCUT2D eigenvalue weighted by atomic mass is 16.5. The molecule has 0 aromatic rings. The van der Waals surface area contributed by atoms with Gasteiger partial charge in [0.2, 0.25) is 0 Å². The highest BCUT2D eigenvalue weighted by Crippen LogP contribution is 2.35. The summed E-state index contributed by atoms with van der Waals surface area (Å²) in [6.07, 6.45) is 1.24. The monoisotopic (exact) mass is 127 g/mol. The summed E-state index contributed by atoms with van der Waals surface area (Å²) < 4.78 is 5.57. The van der Waals surface area contributed by atoms with E-state index in [1.54, 1.807) is 0 Å². The zero-order chi connectivity index (χ0) is 6.48. The summed E-state index contributed by atoms with van der Waals surface area (Å²) in [7, 11) is 2.18. The van der Waals surface area contributed by atoms with Gasteiger partial charge in [-0.15, -0.1) is 0 Å². The molecule has 2 atom stereocenters. The van der Waals surface area contributed by atoms with E-state index in [1.165, 1.54) is 6.42 Å². The molecule has 52 valence electrons. The molecule has 2 saturated heterocycles. The molecule has 9 heavy (non-hydrogen) atoms. The van der Waals surface area contributed by atoms with Crippen molar-refractivity contribution in [3.05, 3.63) is 0 Å². The molecular formula is C7H13NO. The van der Waals surface area contributed by atoms with Crippen LogP contribution in [-0.2, 0) is 4.74 Å². The highest BCUT2D eigenvalue weighted by Gasteiger charge is 2.45. The van der Waals surface area contributed by atoms with Crippen LogP contribution in [0.5, 0.6) is 0 Å². The molecule has 0 aromatic carbocycles. The molecule has 2 rings (SSSR count). The van der Waals surface area contributed by atoms with Crippen molar-refractivity contribution in [2.24, 2.45) is 0 Å². The van der Waals surface area contributed by atoms with Crippen molar-refractivity contribution in [1.82, 2.24) is 4.90 Å². The Kier molecular flexibility index (Phi) is 0.945. The average Bonchev–Trinajstić information content (AvgIpc) is 2.20. The van der Waals surface area contributed by atoms with Crippen LogP contribution in [0, 0.1) is 0 Å². The van der Waals surface area contributed by atoms with Crippen molar-refractivity contribution >= 4 is 0 Å². The SMILES string of the molecule is CN1C[C@]2(C)C[C@H]1CO2. The van der Waals surface area contributed by atoms with Crippen LogP contribution >= 0.6 is 0 Å². The zero-order valence-corrected chi connectivity index (χ0v) is 6.05. The zero-order valence-electron chi connectivity index (χ0n) is 6.05. The highest BCUT2D eigenvalue weighted by molar-refractivity contribution is 4.98. The van der Waals surface area contributed by atoms with Gasteiger partial charge in [0.25, 0.3) is 0 Å². The van der Waals surface area contributed by atoms with Gasteiger partial charge in [-0.3, -0.25) is 4.90 Å². The minimum atomic E-state index is 0.208. The third kappa shape index (κ3) is 0.700. The number of likely N-dealkylation sites (N-methyl/N-ethyl adjacent to an activating group) is 1. The topological polar surface area (TPSA) is 12.5 Å². The lowest BCUT2D eigenvalue weighted by molar-refractivity contribution is -0.0256. The van der Waals surface area contributed by atoms with Crippen LogP contribution in [0.4, 0.5) is 0 Å². The van der Waals surface area contributed by atoms with E-state index in [0.29, 0.717) is 0 Å². The summed E-state index contributed by atoms with van der Waals surface area (Å²) in [5.74, 6) is 0. The van der Waals surface area contributed by atoms with Crippen molar-refractivity contribution in [2.75, 3.05) is 20.2 Å². The average molecular weight is 127 g/mol. The van der Waals surface area contributed by atoms with Gasteiger partial charge in [0.05, 0.1) is 12.2 Å². The molecule has 2 bridgehead atoms. The van der Waals surface area contributed by atoms with Crippen molar-refractivity contribution in [2.45, 2.75) is 25.0 Å². The van der Waals surface area contributed by atoms with Crippen LogP contribution in [-0.4, -0.2) is 36.7 Å². The molecule has 0 N–H and O–H groups in total. The Morgan fingerprint density at radius 3 is 2.67 bits per heavy atom. The maximum atomic E-state index is 5.57. The predicted molar refractivity (Wildman–Crippen MR) is 35.4 cm³/mol. The van der Waals surface area contributed by atoms with Gasteiger partial charge in [-0.05, 0) is 20.4 Å². The second-order valence-electron chi connectivity index (χ2n) is 3.53. The largest absolute Gasteiger partial charge is 0.372 e. The Hall–Kier alpha value is -0.0800. The fourth-order valence-electron chi connectivity index (χ4n) is 1.96. The number of hydrogen-bond donors (Lipinski definition) is 0. The lowest BCUT2D eigenvalue weighted by Crippen LogP contribution is -2.38. The van der Waals surface area contributed by atoms with Crippen molar-refractivity contribution < 1.29 is 4.74 Å². The first-order valence-electron chi connectivity index (χ1n) is 3.54. The fourth-order valence-corrected chi connectivity index (χ4v) is 1.96. The number of hydrogen-bond acceptors (Lipinski definition) is 2. The first-order chi connectivity index (χ1) is 4.20. The molecule has 0 aliphatic carbocycles. The number of fused-ring (bicyclic) bond motifs is 2. The van der Waals surface area contributed by atoms with Gasteiger partial charge < -0.3 is 4.74 Å². The van der Waals surface area contributed by atoms with E-state index >= 15 is 0 Å². The van der Waals surface area contributed by atoms with Crippen LogP contribution in [0.3, 0.4) is 0 Å². The van der Waals surface area contributed by atoms with Crippen LogP contribution in [0.1, 0.15) is 13.3 Å². The predicted octanol–water partition coefficient (Wildman–Crippen LogP) is 0.479. The second-order valence-corrected chi connectivity index (χ2v) is 3.53. The third-order valence-corrected chi connectivity index (χ3v) is 2.50. The molecule has 0 spiro atoms. The van der Waals surface area contributed by atoms with Crippen molar-refractivity contribution in [3.8, 4) is 0 Å². The minimum Gasteiger partial charge on any atom is -0.372 e. The third-order valence-electron chi connectivity index (χ3n) is 2.50. The number of nitrogens with zero attached hydrogens (tertiary/aromatic N) is 1. The molecule has 0 amide bonds. The van der Waals surface area contributed by atoms with E-state index < -0.39 is 0 Å². The Morgan fingerprint density at radius 2 is 2.44 bits per heavy atom. The van der Waals surface area contributed by atoms with Gasteiger partial charge in [-0.1, -0.05) is 0 Å². The Labute approximate surface area is 55.8 Å². The standard InChI is InChI=1S/C7H13NO/c1-7-3-6(4-9-7)8(2)5-7/h6H,3-5H2,1-2H3/t6-,7-/m0/s1. The summed E-state index contributed by atoms with van der Waals surface area (Å²) in [6, 6.07) is 0.718. The van der Waals surface area contributed by atoms with Gasteiger partial charge in [-0.25, -0.2) is 0 Å². The molecule has 2 aliphatic heterocycles. The molecule has 2 heterocycles. The molecule has 0 saturated carbocycles. The summed E-state index contributed by atoms with van der Waals surface area (Å²) in [5, 5.41) is 0. The van der Waals surface area contributed by atoms with E-state index in [2.05, 4.69) is 18.9 Å². The Morgan fingerprint density at radius 1 is 1.67 bits per heavy atom. The normalized spacial score (nSPS) is 50.7. The molecule has 2 heteroatoms. The molecular weight excluding hydrogens is 114 g/mol. The van der Waals surface area contributed by atoms with E-state index in [1.807, 2.05) is 0 Å². The molecule has 0 aromatic heterocycles. The smallest absolute Gasteiger partial charge is 0.0797 e. The van der Waals surface area contributed by atoms with Gasteiger partial charge in [-0.2, -0.15) is 0 Å². The summed E-state index contributed by atoms with van der Waals surface area (Å²) in [6.45, 7) is 4.28. The molecule has 0 unspecified atom stereocenters. The molecule has 2 nitrogen and oxygen atoms in total. The molecule has 2 fully saturated rings. The summed E-state index contributed by atoms with van der Waals surface area (Å²) >= 11 is 0. The van der Waals surface area contributed by atoms with Crippen LogP contribution < -0.4 is 0 Å². The first kappa shape index (κ1) is 5.69. The Bertz CT molecular complexity index is 133. The lowest BCUT2D eigenvalue weighted by Gasteiger charge is -2.27. The van der Waals surface area contributed by atoms with E-state index in [-0.39, 0.29) is 5.60 Å². The lowest BCUT2D eigenvalue weighted by atomic mass is 10.1. The summed E-state index contributed by atoms with van der Waals surface area (Å²) in [4.78, 5) is 2.39. The van der Waals surface area contributed by atoms with E-state index in [0.717, 1.165) is 19.2 Å². The van der Waals surface area contributed by atoms with Gasteiger partial charge in [0.1, 0.15) is 0 Å². The van der Waals surface area contributed by atoms with Gasteiger partial charge in [0.15, 0.2) is 0 Å². The minimum absolute atomic E-state index is 0.208. The number of morpholine rings is 1. The first-order valence-corrected chi connectivity index (χ1v) is 3.54. The molecule has 2 aliphatic rings. The van der Waals surface area contributed by atoms with Crippen LogP contribution in [0.15, 0.2) is 0 Å². The quantitative estimate of drug-likeness (QED) is 0.469. The Balaban J connectivity index is 2.19. The van der Waals surface area contributed by atoms with Gasteiger partial charge in [0, 0.05) is 12.6 Å². The maximum absolute atomic E-state index is 5.57.